The van der Waals surface area contributed by atoms with E-state index in [1.807, 2.05) is 43.3 Å². The number of aryl methyl sites for hydroxylation is 1. The fourth-order valence-electron chi connectivity index (χ4n) is 2.72. The third-order valence-electron chi connectivity index (χ3n) is 4.47. The second-order valence-electron chi connectivity index (χ2n) is 6.89. The van der Waals surface area contributed by atoms with Crippen molar-refractivity contribution in [2.75, 3.05) is 20.3 Å². The molecule has 0 N–H and O–H groups in total. The van der Waals surface area contributed by atoms with Crippen LogP contribution in [-0.2, 0) is 34.0 Å². The van der Waals surface area contributed by atoms with Gasteiger partial charge in [0.1, 0.15) is 5.75 Å². The van der Waals surface area contributed by atoms with Gasteiger partial charge in [-0.1, -0.05) is 42.0 Å². The van der Waals surface area contributed by atoms with Gasteiger partial charge in [-0.2, -0.15) is 0 Å². The van der Waals surface area contributed by atoms with E-state index in [0.29, 0.717) is 5.56 Å². The SMILES string of the molecule is COCCO[S-](=O)=NS(=O)(=O)c1ccc(OC(=O)c2ccc(-c3ccc(C)cc3)cc2)cc1. The number of esters is 1. The van der Waals surface area contributed by atoms with E-state index >= 15 is 0 Å². The lowest BCUT2D eigenvalue weighted by molar-refractivity contribution is 0.0734. The van der Waals surface area contributed by atoms with Crippen molar-refractivity contribution < 1.29 is 31.1 Å². The largest absolute Gasteiger partial charge is 0.435 e. The normalized spacial score (nSPS) is 12.4. The summed E-state index contributed by atoms with van der Waals surface area (Å²) in [6.45, 7) is 2.10. The van der Waals surface area contributed by atoms with E-state index < -0.39 is 26.9 Å². The van der Waals surface area contributed by atoms with Crippen molar-refractivity contribution in [2.45, 2.75) is 11.8 Å². The highest BCUT2D eigenvalue weighted by molar-refractivity contribution is 7.95. The van der Waals surface area contributed by atoms with E-state index in [0.717, 1.165) is 16.7 Å². The molecule has 0 fully saturated rings. The Hall–Kier alpha value is -3.05. The third-order valence-corrected chi connectivity index (χ3v) is 6.98. The number of carbonyl (C=O) groups excluding carboxylic acids is 1. The summed E-state index contributed by atoms with van der Waals surface area (Å²) in [5, 5.41) is 0. The first-order valence-electron chi connectivity index (χ1n) is 9.80. The first kappa shape index (κ1) is 24.6. The number of nitrogens with zero attached hydrogens (tertiary/aromatic N) is 1. The molecular weight excluding hydrogens is 466 g/mol. The fraction of sp³-hybridized carbons (Fsp3) is 0.174. The summed E-state index contributed by atoms with van der Waals surface area (Å²) in [5.41, 5.74) is 3.51. The van der Waals surface area contributed by atoms with E-state index in [9.17, 15) is 17.4 Å². The van der Waals surface area contributed by atoms with Gasteiger partial charge in [0, 0.05) is 13.7 Å². The number of methoxy groups -OCH3 is 1. The molecule has 0 aromatic heterocycles. The smallest absolute Gasteiger partial charge is 0.343 e. The Labute approximate surface area is 194 Å². The molecule has 0 saturated carbocycles. The van der Waals surface area contributed by atoms with Crippen LogP contribution in [0.1, 0.15) is 15.9 Å². The Morgan fingerprint density at radius 3 is 2.03 bits per heavy atom. The molecule has 0 atom stereocenters. The predicted molar refractivity (Wildman–Crippen MR) is 124 cm³/mol. The molecule has 0 aliphatic carbocycles. The van der Waals surface area contributed by atoms with E-state index in [1.165, 1.54) is 31.4 Å². The maximum atomic E-state index is 12.4. The fourth-order valence-corrected chi connectivity index (χ4v) is 4.57. The van der Waals surface area contributed by atoms with Crippen LogP contribution in [0.2, 0.25) is 0 Å². The molecule has 0 radical (unpaired) electrons. The average molecular weight is 489 g/mol. The third kappa shape index (κ3) is 6.96. The van der Waals surface area contributed by atoms with Gasteiger partial charge in [0.2, 0.25) is 0 Å². The summed E-state index contributed by atoms with van der Waals surface area (Å²) < 4.78 is 54.0. The minimum Gasteiger partial charge on any atom is -0.435 e. The molecule has 0 aliphatic rings. The number of benzene rings is 3. The lowest BCUT2D eigenvalue weighted by Crippen LogP contribution is -2.08. The van der Waals surface area contributed by atoms with Gasteiger partial charge in [-0.05, 0) is 65.3 Å². The molecular formula is C23H22NO7S2-. The molecule has 3 aromatic rings. The van der Waals surface area contributed by atoms with E-state index in [-0.39, 0.29) is 23.9 Å². The Balaban J connectivity index is 1.65. The highest BCUT2D eigenvalue weighted by Crippen LogP contribution is 2.22. The minimum atomic E-state index is -4.21. The number of hydrogen-bond acceptors (Lipinski definition) is 8. The predicted octanol–water partition coefficient (Wildman–Crippen LogP) is 4.30. The van der Waals surface area contributed by atoms with Crippen LogP contribution in [-0.4, -0.2) is 34.7 Å². The summed E-state index contributed by atoms with van der Waals surface area (Å²) in [7, 11) is -5.16. The molecule has 0 aliphatic heterocycles. The maximum absolute atomic E-state index is 12.4. The van der Waals surface area contributed by atoms with E-state index in [4.69, 9.17) is 13.7 Å². The highest BCUT2D eigenvalue weighted by atomic mass is 32.3. The van der Waals surface area contributed by atoms with Crippen LogP contribution in [0.5, 0.6) is 5.75 Å². The maximum Gasteiger partial charge on any atom is 0.343 e. The van der Waals surface area contributed by atoms with Crippen molar-refractivity contribution in [2.24, 2.45) is 3.77 Å². The van der Waals surface area contributed by atoms with Crippen LogP contribution < -0.4 is 4.74 Å². The van der Waals surface area contributed by atoms with Gasteiger partial charge < -0.3 is 17.9 Å². The van der Waals surface area contributed by atoms with Crippen molar-refractivity contribution in [3.63, 3.8) is 0 Å². The summed E-state index contributed by atoms with van der Waals surface area (Å²) in [6.07, 6.45) is 0. The summed E-state index contributed by atoms with van der Waals surface area (Å²) in [5.74, 6) is -0.433. The molecule has 8 nitrogen and oxygen atoms in total. The zero-order chi connectivity index (χ0) is 23.8. The van der Waals surface area contributed by atoms with Crippen molar-refractivity contribution in [1.29, 1.82) is 0 Å². The van der Waals surface area contributed by atoms with Gasteiger partial charge in [0.15, 0.2) is 0 Å². The van der Waals surface area contributed by atoms with Crippen molar-refractivity contribution >= 4 is 26.9 Å². The molecule has 0 unspecified atom stereocenters. The first-order chi connectivity index (χ1) is 15.8. The lowest BCUT2D eigenvalue weighted by Gasteiger charge is -2.09. The van der Waals surface area contributed by atoms with Crippen LogP contribution in [0.4, 0.5) is 0 Å². The minimum absolute atomic E-state index is 0.0664. The van der Waals surface area contributed by atoms with Crippen molar-refractivity contribution in [3.8, 4) is 16.9 Å². The van der Waals surface area contributed by atoms with Gasteiger partial charge in [0.05, 0.1) is 17.1 Å². The Bertz CT molecular complexity index is 1280. The van der Waals surface area contributed by atoms with Gasteiger partial charge in [-0.3, -0.25) is 3.77 Å². The monoisotopic (exact) mass is 488 g/mol. The molecule has 10 heteroatoms. The van der Waals surface area contributed by atoms with Crippen LogP contribution in [0.3, 0.4) is 0 Å². The lowest BCUT2D eigenvalue weighted by atomic mass is 10.0. The molecule has 3 rings (SSSR count). The second-order valence-corrected chi connectivity index (χ2v) is 9.57. The standard InChI is InChI=1S/C23H22NO7S2/c1-17-3-5-18(6-4-17)19-7-9-20(10-8-19)23(25)31-21-11-13-22(14-12-21)33(27,28)24-32(26)30-16-15-29-2/h3-14H,15-16H2,1-2H3/q-1. The Kier molecular flexibility index (Phi) is 8.34. The number of ether oxygens (including phenoxy) is 2. The van der Waals surface area contributed by atoms with Crippen LogP contribution in [0, 0.1) is 6.92 Å². The Morgan fingerprint density at radius 2 is 1.45 bits per heavy atom. The summed E-state index contributed by atoms with van der Waals surface area (Å²) in [6, 6.07) is 20.1. The number of carbonyl (C=O) groups is 1. The molecule has 0 heterocycles. The topological polar surface area (TPSA) is 108 Å². The van der Waals surface area contributed by atoms with Gasteiger partial charge >= 0.3 is 5.97 Å². The number of hydrogen-bond donors (Lipinski definition) is 0. The quantitative estimate of drug-likeness (QED) is 0.191. The van der Waals surface area contributed by atoms with Gasteiger partial charge in [-0.25, -0.2) is 13.2 Å². The van der Waals surface area contributed by atoms with Crippen LogP contribution in [0.15, 0.2) is 81.5 Å². The zero-order valence-corrected chi connectivity index (χ0v) is 19.6. The first-order valence-corrected chi connectivity index (χ1v) is 12.3. The average Bonchev–Trinajstić information content (AvgIpc) is 2.80. The van der Waals surface area contributed by atoms with Gasteiger partial charge in [-0.15, -0.1) is 0 Å². The molecule has 33 heavy (non-hydrogen) atoms. The molecule has 0 amide bonds. The summed E-state index contributed by atoms with van der Waals surface area (Å²) >= 11 is 0. The number of rotatable bonds is 9. The molecule has 174 valence electrons. The molecule has 0 spiro atoms. The van der Waals surface area contributed by atoms with E-state index in [2.05, 4.69) is 3.77 Å². The van der Waals surface area contributed by atoms with Crippen molar-refractivity contribution in [1.82, 2.24) is 0 Å². The molecule has 3 aromatic carbocycles. The van der Waals surface area contributed by atoms with Crippen molar-refractivity contribution in [3.05, 3.63) is 83.9 Å². The van der Waals surface area contributed by atoms with Crippen LogP contribution >= 0.6 is 0 Å². The number of sulfonamides is 1. The van der Waals surface area contributed by atoms with Crippen LogP contribution in [0.25, 0.3) is 11.1 Å². The summed E-state index contributed by atoms with van der Waals surface area (Å²) in [4.78, 5) is 12.2. The molecule has 0 bridgehead atoms. The second kappa shape index (κ2) is 11.2. The zero-order valence-electron chi connectivity index (χ0n) is 18.0. The molecule has 0 saturated heterocycles. The highest BCUT2D eigenvalue weighted by Gasteiger charge is 2.13. The van der Waals surface area contributed by atoms with Gasteiger partial charge in [0.25, 0.3) is 10.0 Å². The van der Waals surface area contributed by atoms with E-state index in [1.54, 1.807) is 12.1 Å². The Morgan fingerprint density at radius 1 is 0.879 bits per heavy atom.